The minimum Gasteiger partial charge on any atom is -0.497 e. The molecule has 0 saturated carbocycles. The fourth-order valence-electron chi connectivity index (χ4n) is 1.07. The van der Waals surface area contributed by atoms with Gasteiger partial charge in [-0.2, -0.15) is 0 Å². The monoisotopic (exact) mass is 195 g/mol. The van der Waals surface area contributed by atoms with Gasteiger partial charge in [0.2, 0.25) is 5.91 Å². The van der Waals surface area contributed by atoms with E-state index in [1.807, 2.05) is 31.2 Å². The van der Waals surface area contributed by atoms with Crippen molar-refractivity contribution in [3.63, 3.8) is 0 Å². The first-order valence-electron chi connectivity index (χ1n) is 4.66. The Morgan fingerprint density at radius 1 is 1.43 bits per heavy atom. The zero-order valence-electron chi connectivity index (χ0n) is 8.54. The summed E-state index contributed by atoms with van der Waals surface area (Å²) in [6.07, 6.45) is 0.524. The number of amides is 1. The standard InChI is InChI=1S/C11H15NO2.H2/c1-3-11(13)12-8-9-4-6-10(14-2)7-5-9;/h4-7H,3,8H2,1-2H3,(H,12,13);1H. The Bertz CT molecular complexity index is 298. The number of ether oxygens (including phenoxy) is 1. The van der Waals surface area contributed by atoms with Crippen LogP contribution in [0.5, 0.6) is 5.75 Å². The maximum absolute atomic E-state index is 11.0. The summed E-state index contributed by atoms with van der Waals surface area (Å²) in [5.41, 5.74) is 1.08. The lowest BCUT2D eigenvalue weighted by atomic mass is 10.2. The summed E-state index contributed by atoms with van der Waals surface area (Å²) in [5, 5.41) is 2.81. The van der Waals surface area contributed by atoms with Gasteiger partial charge in [0, 0.05) is 14.4 Å². The number of nitrogens with one attached hydrogen (secondary N) is 1. The molecule has 3 nitrogen and oxygen atoms in total. The second-order valence-electron chi connectivity index (χ2n) is 2.98. The molecular weight excluding hydrogens is 178 g/mol. The van der Waals surface area contributed by atoms with E-state index in [2.05, 4.69) is 5.32 Å². The number of hydrogen-bond donors (Lipinski definition) is 1. The Morgan fingerprint density at radius 2 is 2.07 bits per heavy atom. The van der Waals surface area contributed by atoms with E-state index in [4.69, 9.17) is 4.74 Å². The highest BCUT2D eigenvalue weighted by Gasteiger charge is 1.97. The average molecular weight is 195 g/mol. The normalized spacial score (nSPS) is 9.57. The third-order valence-electron chi connectivity index (χ3n) is 1.97. The molecule has 0 aliphatic heterocycles. The Labute approximate surface area is 85.6 Å². The number of hydrogen-bond acceptors (Lipinski definition) is 2. The molecule has 0 aliphatic carbocycles. The van der Waals surface area contributed by atoms with Gasteiger partial charge in [0.25, 0.3) is 0 Å². The van der Waals surface area contributed by atoms with E-state index in [0.29, 0.717) is 13.0 Å². The van der Waals surface area contributed by atoms with Crippen molar-refractivity contribution in [1.82, 2.24) is 5.32 Å². The van der Waals surface area contributed by atoms with E-state index in [0.717, 1.165) is 11.3 Å². The summed E-state index contributed by atoms with van der Waals surface area (Å²) >= 11 is 0. The van der Waals surface area contributed by atoms with Crippen LogP contribution in [0.1, 0.15) is 20.3 Å². The molecule has 3 heteroatoms. The molecule has 0 aromatic heterocycles. The summed E-state index contributed by atoms with van der Waals surface area (Å²) < 4.78 is 5.03. The van der Waals surface area contributed by atoms with Crippen LogP contribution in [0.15, 0.2) is 24.3 Å². The minimum absolute atomic E-state index is 0. The summed E-state index contributed by atoms with van der Waals surface area (Å²) in [4.78, 5) is 11.0. The predicted octanol–water partition coefficient (Wildman–Crippen LogP) is 1.97. The molecule has 0 fully saturated rings. The summed E-state index contributed by atoms with van der Waals surface area (Å²) in [6, 6.07) is 7.64. The van der Waals surface area contributed by atoms with Crippen LogP contribution >= 0.6 is 0 Å². The molecule has 1 amide bonds. The molecule has 0 bridgehead atoms. The largest absolute Gasteiger partial charge is 0.497 e. The van der Waals surface area contributed by atoms with Crippen LogP contribution in [0.2, 0.25) is 0 Å². The Hall–Kier alpha value is -1.51. The van der Waals surface area contributed by atoms with Gasteiger partial charge >= 0.3 is 0 Å². The number of carbonyl (C=O) groups excluding carboxylic acids is 1. The molecule has 0 radical (unpaired) electrons. The van der Waals surface area contributed by atoms with Gasteiger partial charge in [-0.1, -0.05) is 19.1 Å². The van der Waals surface area contributed by atoms with Crippen molar-refractivity contribution in [2.75, 3.05) is 7.11 Å². The number of methoxy groups -OCH3 is 1. The van der Waals surface area contributed by atoms with Crippen LogP contribution in [0.3, 0.4) is 0 Å². The Balaban J connectivity index is 0.00000196. The van der Waals surface area contributed by atoms with Crippen LogP contribution in [0.4, 0.5) is 0 Å². The fraction of sp³-hybridized carbons (Fsp3) is 0.364. The molecule has 0 heterocycles. The highest BCUT2D eigenvalue weighted by Crippen LogP contribution is 2.10. The molecule has 78 valence electrons. The van der Waals surface area contributed by atoms with Crippen molar-refractivity contribution in [2.45, 2.75) is 19.9 Å². The molecule has 14 heavy (non-hydrogen) atoms. The smallest absolute Gasteiger partial charge is 0.219 e. The Morgan fingerprint density at radius 3 is 2.57 bits per heavy atom. The molecule has 0 aliphatic rings. The second-order valence-corrected chi connectivity index (χ2v) is 2.98. The van der Waals surface area contributed by atoms with Gasteiger partial charge in [-0.3, -0.25) is 4.79 Å². The first-order valence-corrected chi connectivity index (χ1v) is 4.66. The number of carbonyl (C=O) groups is 1. The molecular formula is C11H17NO2. The Kier molecular flexibility index (Phi) is 3.98. The number of rotatable bonds is 4. The molecule has 0 spiro atoms. The van der Waals surface area contributed by atoms with E-state index in [-0.39, 0.29) is 7.33 Å². The zero-order chi connectivity index (χ0) is 10.4. The van der Waals surface area contributed by atoms with Crippen molar-refractivity contribution in [3.05, 3.63) is 29.8 Å². The first-order chi connectivity index (χ1) is 6.76. The molecule has 0 unspecified atom stereocenters. The van der Waals surface area contributed by atoms with Crippen LogP contribution in [-0.2, 0) is 11.3 Å². The lowest BCUT2D eigenvalue weighted by Crippen LogP contribution is -2.21. The fourth-order valence-corrected chi connectivity index (χ4v) is 1.07. The van der Waals surface area contributed by atoms with Crippen LogP contribution < -0.4 is 10.1 Å². The van der Waals surface area contributed by atoms with Crippen molar-refractivity contribution >= 4 is 5.91 Å². The van der Waals surface area contributed by atoms with E-state index >= 15 is 0 Å². The molecule has 1 N–H and O–H groups in total. The SMILES string of the molecule is CCC(=O)NCc1ccc(OC)cc1.[HH]. The average Bonchev–Trinajstić information content (AvgIpc) is 2.26. The van der Waals surface area contributed by atoms with Gasteiger partial charge in [-0.25, -0.2) is 0 Å². The summed E-state index contributed by atoms with van der Waals surface area (Å²) in [5.74, 6) is 0.899. The van der Waals surface area contributed by atoms with Gasteiger partial charge in [0.05, 0.1) is 7.11 Å². The maximum atomic E-state index is 11.0. The summed E-state index contributed by atoms with van der Waals surface area (Å²) in [6.45, 7) is 2.42. The van der Waals surface area contributed by atoms with Gasteiger partial charge in [0.15, 0.2) is 0 Å². The lowest BCUT2D eigenvalue weighted by Gasteiger charge is -2.04. The van der Waals surface area contributed by atoms with Gasteiger partial charge in [-0.05, 0) is 17.7 Å². The van der Waals surface area contributed by atoms with E-state index in [1.54, 1.807) is 7.11 Å². The highest BCUT2D eigenvalue weighted by molar-refractivity contribution is 5.75. The lowest BCUT2D eigenvalue weighted by molar-refractivity contribution is -0.120. The quantitative estimate of drug-likeness (QED) is 0.797. The van der Waals surface area contributed by atoms with Crippen LogP contribution in [-0.4, -0.2) is 13.0 Å². The van der Waals surface area contributed by atoms with Gasteiger partial charge in [-0.15, -0.1) is 0 Å². The van der Waals surface area contributed by atoms with Crippen LogP contribution in [0.25, 0.3) is 0 Å². The molecule has 0 atom stereocenters. The molecule has 0 saturated heterocycles. The third kappa shape index (κ3) is 3.09. The van der Waals surface area contributed by atoms with Crippen molar-refractivity contribution in [1.29, 1.82) is 0 Å². The second kappa shape index (κ2) is 5.27. The number of benzene rings is 1. The highest BCUT2D eigenvalue weighted by atomic mass is 16.5. The van der Waals surface area contributed by atoms with Crippen molar-refractivity contribution < 1.29 is 11.0 Å². The van der Waals surface area contributed by atoms with Crippen molar-refractivity contribution in [3.8, 4) is 5.75 Å². The maximum Gasteiger partial charge on any atom is 0.219 e. The zero-order valence-corrected chi connectivity index (χ0v) is 8.54. The van der Waals surface area contributed by atoms with Crippen molar-refractivity contribution in [2.24, 2.45) is 0 Å². The van der Waals surface area contributed by atoms with E-state index < -0.39 is 0 Å². The molecule has 1 aromatic carbocycles. The predicted molar refractivity (Wildman–Crippen MR) is 57.2 cm³/mol. The summed E-state index contributed by atoms with van der Waals surface area (Å²) in [7, 11) is 1.63. The van der Waals surface area contributed by atoms with Gasteiger partial charge < -0.3 is 10.1 Å². The third-order valence-corrected chi connectivity index (χ3v) is 1.97. The van der Waals surface area contributed by atoms with Crippen LogP contribution in [0, 0.1) is 0 Å². The van der Waals surface area contributed by atoms with E-state index in [9.17, 15) is 4.79 Å². The molecule has 1 rings (SSSR count). The minimum atomic E-state index is 0. The topological polar surface area (TPSA) is 38.3 Å². The first kappa shape index (κ1) is 10.6. The van der Waals surface area contributed by atoms with Gasteiger partial charge in [0.1, 0.15) is 5.75 Å². The molecule has 1 aromatic rings. The van der Waals surface area contributed by atoms with E-state index in [1.165, 1.54) is 0 Å².